The third-order valence-electron chi connectivity index (χ3n) is 3.92. The second-order valence-corrected chi connectivity index (χ2v) is 6.49. The van der Waals surface area contributed by atoms with Gasteiger partial charge >= 0.3 is 0 Å². The Labute approximate surface area is 153 Å². The van der Waals surface area contributed by atoms with Crippen molar-refractivity contribution in [1.82, 2.24) is 5.32 Å². The van der Waals surface area contributed by atoms with Crippen LogP contribution >= 0.6 is 23.2 Å². The minimum Gasteiger partial charge on any atom is -0.325 e. The monoisotopic (exact) mass is 364 g/mol. The average molecular weight is 365 g/mol. The van der Waals surface area contributed by atoms with Crippen LogP contribution in [0, 0.1) is 0 Å². The molecule has 2 rings (SSSR count). The number of rotatable bonds is 7. The Balaban J connectivity index is 2.06. The summed E-state index contributed by atoms with van der Waals surface area (Å²) in [6.45, 7) is 2.12. The minimum absolute atomic E-state index is 0.00626. The standard InChI is InChI=1S/C19H22Cl2N2O/c1-3-4-5-18(22-2)19(24)23-15-9-6-13(7-10-15)14-8-11-16(20)17(21)12-14/h6-12,18,22H,3-5H2,1-2H3,(H,23,24)/t18-/m0/s1. The summed E-state index contributed by atoms with van der Waals surface area (Å²) in [5, 5.41) is 7.08. The number of likely N-dealkylation sites (N-methyl/N-ethyl adjacent to an activating group) is 1. The SMILES string of the molecule is CCCC[C@H](NC)C(=O)Nc1ccc(-c2ccc(Cl)c(Cl)c2)cc1. The Bertz CT molecular complexity index is 686. The van der Waals surface area contributed by atoms with E-state index in [4.69, 9.17) is 23.2 Å². The fourth-order valence-corrected chi connectivity index (χ4v) is 2.76. The molecule has 0 radical (unpaired) electrons. The van der Waals surface area contributed by atoms with Crippen molar-refractivity contribution >= 4 is 34.8 Å². The summed E-state index contributed by atoms with van der Waals surface area (Å²) < 4.78 is 0. The second kappa shape index (κ2) is 9.07. The van der Waals surface area contributed by atoms with Crippen LogP contribution in [-0.2, 0) is 4.79 Å². The molecule has 0 spiro atoms. The lowest BCUT2D eigenvalue weighted by Gasteiger charge is -2.16. The maximum atomic E-state index is 12.3. The zero-order chi connectivity index (χ0) is 17.5. The van der Waals surface area contributed by atoms with Gasteiger partial charge in [-0.15, -0.1) is 0 Å². The predicted molar refractivity (Wildman–Crippen MR) is 103 cm³/mol. The van der Waals surface area contributed by atoms with E-state index in [1.807, 2.05) is 43.4 Å². The van der Waals surface area contributed by atoms with Crippen LogP contribution < -0.4 is 10.6 Å². The fourth-order valence-electron chi connectivity index (χ4n) is 2.47. The van der Waals surface area contributed by atoms with E-state index in [1.165, 1.54) is 0 Å². The predicted octanol–water partition coefficient (Wildman–Crippen LogP) is 5.38. The van der Waals surface area contributed by atoms with Crippen LogP contribution in [0.25, 0.3) is 11.1 Å². The van der Waals surface area contributed by atoms with Gasteiger partial charge in [-0.25, -0.2) is 0 Å². The first-order valence-electron chi connectivity index (χ1n) is 8.08. The molecule has 24 heavy (non-hydrogen) atoms. The molecule has 0 aliphatic rings. The first-order valence-corrected chi connectivity index (χ1v) is 8.84. The van der Waals surface area contributed by atoms with Crippen LogP contribution in [0.3, 0.4) is 0 Å². The third-order valence-corrected chi connectivity index (χ3v) is 4.66. The number of halogens is 2. The maximum absolute atomic E-state index is 12.3. The van der Waals surface area contributed by atoms with Crippen molar-refractivity contribution in [2.24, 2.45) is 0 Å². The molecule has 1 atom stereocenters. The van der Waals surface area contributed by atoms with Crippen molar-refractivity contribution in [3.05, 3.63) is 52.5 Å². The molecule has 2 aromatic carbocycles. The normalized spacial score (nSPS) is 12.0. The number of benzene rings is 2. The molecular weight excluding hydrogens is 343 g/mol. The quantitative estimate of drug-likeness (QED) is 0.692. The van der Waals surface area contributed by atoms with E-state index in [2.05, 4.69) is 17.6 Å². The van der Waals surface area contributed by atoms with Gasteiger partial charge in [0.15, 0.2) is 0 Å². The highest BCUT2D eigenvalue weighted by Crippen LogP contribution is 2.29. The maximum Gasteiger partial charge on any atom is 0.241 e. The van der Waals surface area contributed by atoms with Crippen molar-refractivity contribution in [1.29, 1.82) is 0 Å². The lowest BCUT2D eigenvalue weighted by Crippen LogP contribution is -2.38. The van der Waals surface area contributed by atoms with Crippen molar-refractivity contribution in [2.45, 2.75) is 32.2 Å². The summed E-state index contributed by atoms with van der Waals surface area (Å²) in [6, 6.07) is 13.1. The summed E-state index contributed by atoms with van der Waals surface area (Å²) in [4.78, 5) is 12.3. The van der Waals surface area contributed by atoms with Crippen LogP contribution in [0.2, 0.25) is 10.0 Å². The van der Waals surface area contributed by atoms with E-state index in [0.29, 0.717) is 10.0 Å². The lowest BCUT2D eigenvalue weighted by molar-refractivity contribution is -0.118. The first kappa shape index (κ1) is 18.8. The molecule has 0 aromatic heterocycles. The molecule has 2 aromatic rings. The van der Waals surface area contributed by atoms with Crippen molar-refractivity contribution in [3.8, 4) is 11.1 Å². The number of anilines is 1. The molecule has 0 aliphatic heterocycles. The van der Waals surface area contributed by atoms with Crippen LogP contribution in [-0.4, -0.2) is 19.0 Å². The topological polar surface area (TPSA) is 41.1 Å². The third kappa shape index (κ3) is 4.97. The number of carbonyl (C=O) groups is 1. The molecule has 0 unspecified atom stereocenters. The number of unbranched alkanes of at least 4 members (excludes halogenated alkanes) is 1. The van der Waals surface area contributed by atoms with Gasteiger partial charge in [0.25, 0.3) is 0 Å². The molecule has 128 valence electrons. The Morgan fingerprint density at radius 1 is 1.04 bits per heavy atom. The van der Waals surface area contributed by atoms with Crippen molar-refractivity contribution < 1.29 is 4.79 Å². The highest BCUT2D eigenvalue weighted by molar-refractivity contribution is 6.42. The van der Waals surface area contributed by atoms with E-state index in [1.54, 1.807) is 6.07 Å². The molecule has 0 heterocycles. The summed E-state index contributed by atoms with van der Waals surface area (Å²) >= 11 is 12.0. The van der Waals surface area contributed by atoms with Crippen LogP contribution in [0.5, 0.6) is 0 Å². The van der Waals surface area contributed by atoms with Gasteiger partial charge in [0.05, 0.1) is 16.1 Å². The zero-order valence-corrected chi connectivity index (χ0v) is 15.4. The average Bonchev–Trinajstić information content (AvgIpc) is 2.59. The molecule has 0 saturated heterocycles. The zero-order valence-electron chi connectivity index (χ0n) is 13.9. The minimum atomic E-state index is -0.167. The van der Waals surface area contributed by atoms with Gasteiger partial charge in [-0.3, -0.25) is 4.79 Å². The molecule has 3 nitrogen and oxygen atoms in total. The van der Waals surface area contributed by atoms with Gasteiger partial charge in [0, 0.05) is 5.69 Å². The number of nitrogens with one attached hydrogen (secondary N) is 2. The molecule has 0 bridgehead atoms. The Morgan fingerprint density at radius 3 is 2.29 bits per heavy atom. The Morgan fingerprint density at radius 2 is 1.71 bits per heavy atom. The lowest BCUT2D eigenvalue weighted by atomic mass is 10.1. The van der Waals surface area contributed by atoms with Crippen LogP contribution in [0.15, 0.2) is 42.5 Å². The molecular formula is C19H22Cl2N2O. The molecule has 0 saturated carbocycles. The highest BCUT2D eigenvalue weighted by atomic mass is 35.5. The smallest absolute Gasteiger partial charge is 0.241 e. The summed E-state index contributed by atoms with van der Waals surface area (Å²) in [5.41, 5.74) is 2.78. The van der Waals surface area contributed by atoms with Crippen molar-refractivity contribution in [3.63, 3.8) is 0 Å². The van der Waals surface area contributed by atoms with E-state index < -0.39 is 0 Å². The molecule has 1 amide bonds. The van der Waals surface area contributed by atoms with E-state index in [0.717, 1.165) is 36.1 Å². The van der Waals surface area contributed by atoms with E-state index in [9.17, 15) is 4.79 Å². The Kier molecular flexibility index (Phi) is 7.10. The number of hydrogen-bond acceptors (Lipinski definition) is 2. The number of carbonyl (C=O) groups excluding carboxylic acids is 1. The molecule has 2 N–H and O–H groups in total. The van der Waals surface area contributed by atoms with Gasteiger partial charge in [-0.2, -0.15) is 0 Å². The number of hydrogen-bond donors (Lipinski definition) is 2. The fraction of sp³-hybridized carbons (Fsp3) is 0.316. The van der Waals surface area contributed by atoms with Crippen LogP contribution in [0.4, 0.5) is 5.69 Å². The number of amides is 1. The van der Waals surface area contributed by atoms with Gasteiger partial charge < -0.3 is 10.6 Å². The largest absolute Gasteiger partial charge is 0.325 e. The Hall–Kier alpha value is -1.55. The highest BCUT2D eigenvalue weighted by Gasteiger charge is 2.15. The summed E-state index contributed by atoms with van der Waals surface area (Å²) in [5.74, 6) is -0.00626. The van der Waals surface area contributed by atoms with Gasteiger partial charge in [-0.05, 0) is 48.9 Å². The first-order chi connectivity index (χ1) is 11.5. The second-order valence-electron chi connectivity index (χ2n) is 5.68. The summed E-state index contributed by atoms with van der Waals surface area (Å²) in [7, 11) is 1.81. The molecule has 0 fully saturated rings. The van der Waals surface area contributed by atoms with Gasteiger partial charge in [-0.1, -0.05) is 61.2 Å². The van der Waals surface area contributed by atoms with E-state index in [-0.39, 0.29) is 11.9 Å². The summed E-state index contributed by atoms with van der Waals surface area (Å²) in [6.07, 6.45) is 2.93. The molecule has 0 aliphatic carbocycles. The van der Waals surface area contributed by atoms with Gasteiger partial charge in [0.1, 0.15) is 0 Å². The molecule has 5 heteroatoms. The van der Waals surface area contributed by atoms with E-state index >= 15 is 0 Å². The van der Waals surface area contributed by atoms with Crippen LogP contribution in [0.1, 0.15) is 26.2 Å². The van der Waals surface area contributed by atoms with Gasteiger partial charge in [0.2, 0.25) is 5.91 Å². The van der Waals surface area contributed by atoms with Crippen molar-refractivity contribution in [2.75, 3.05) is 12.4 Å².